The molecule has 7 nitrogen and oxygen atoms in total. The summed E-state index contributed by atoms with van der Waals surface area (Å²) in [6.45, 7) is 1.28. The van der Waals surface area contributed by atoms with E-state index < -0.39 is 20.5 Å². The van der Waals surface area contributed by atoms with Crippen LogP contribution in [0.3, 0.4) is 0 Å². The predicted molar refractivity (Wildman–Crippen MR) is 69.6 cm³/mol. The molecule has 0 heterocycles. The lowest BCUT2D eigenvalue weighted by molar-refractivity contribution is -0.119. The van der Waals surface area contributed by atoms with Crippen molar-refractivity contribution in [1.29, 1.82) is 0 Å². The number of rotatable bonds is 4. The third-order valence-electron chi connectivity index (χ3n) is 2.24. The van der Waals surface area contributed by atoms with Crippen molar-refractivity contribution in [2.45, 2.75) is 17.3 Å². The monoisotopic (exact) mass is 308 g/mol. The molecule has 4 N–H and O–H groups in total. The Hall–Kier alpha value is -1.51. The van der Waals surface area contributed by atoms with Crippen LogP contribution in [0.5, 0.6) is 5.75 Å². The summed E-state index contributed by atoms with van der Waals surface area (Å²) in [5.41, 5.74) is 4.68. The summed E-state index contributed by atoms with van der Waals surface area (Å²) in [5, 5.41) is 2.40. The number of carbonyl (C=O) groups excluding carboxylic acids is 1. The van der Waals surface area contributed by atoms with Gasteiger partial charge in [0.05, 0.1) is 12.8 Å². The number of amides is 1. The van der Waals surface area contributed by atoms with Crippen LogP contribution < -0.4 is 15.8 Å². The fourth-order valence-corrected chi connectivity index (χ4v) is 2.39. The number of benzene rings is 1. The van der Waals surface area contributed by atoms with Crippen molar-refractivity contribution in [3.8, 4) is 5.75 Å². The molecular weight excluding hydrogens is 296 g/mol. The molecule has 0 aromatic heterocycles. The molecule has 0 aliphatic heterocycles. The second kappa shape index (κ2) is 5.64. The van der Waals surface area contributed by atoms with Crippen LogP contribution in [0.1, 0.15) is 18.0 Å². The van der Waals surface area contributed by atoms with E-state index in [0.717, 1.165) is 6.07 Å². The van der Waals surface area contributed by atoms with Gasteiger partial charge in [-0.3, -0.25) is 9.35 Å². The molecule has 1 aromatic carbocycles. The van der Waals surface area contributed by atoms with E-state index in [1.807, 2.05) is 0 Å². The molecule has 106 valence electrons. The molecular formula is C10H13ClN2O5S. The summed E-state index contributed by atoms with van der Waals surface area (Å²) in [5.74, 6) is -0.296. The maximum Gasteiger partial charge on any atom is 0.296 e. The highest BCUT2D eigenvalue weighted by Crippen LogP contribution is 2.34. The van der Waals surface area contributed by atoms with Gasteiger partial charge in [-0.2, -0.15) is 8.42 Å². The van der Waals surface area contributed by atoms with Crippen molar-refractivity contribution in [2.24, 2.45) is 0 Å². The Morgan fingerprint density at radius 1 is 1.53 bits per heavy atom. The summed E-state index contributed by atoms with van der Waals surface area (Å²) in [7, 11) is -3.18. The van der Waals surface area contributed by atoms with Gasteiger partial charge in [0.25, 0.3) is 10.1 Å². The number of nitrogens with one attached hydrogen (secondary N) is 1. The maximum atomic E-state index is 11.1. The minimum absolute atomic E-state index is 0.0792. The van der Waals surface area contributed by atoms with Gasteiger partial charge in [0, 0.05) is 18.6 Å². The molecule has 9 heteroatoms. The normalized spacial score (nSPS) is 12.8. The van der Waals surface area contributed by atoms with Crippen LogP contribution in [0.4, 0.5) is 5.69 Å². The number of nitrogens with two attached hydrogens (primary N) is 1. The highest BCUT2D eigenvalue weighted by atomic mass is 35.5. The van der Waals surface area contributed by atoms with Gasteiger partial charge in [-0.05, 0) is 6.07 Å². The Morgan fingerprint density at radius 2 is 2.11 bits per heavy atom. The Labute approximate surface area is 115 Å². The number of ether oxygens (including phenoxy) is 1. The van der Waals surface area contributed by atoms with Crippen LogP contribution in [0, 0.1) is 0 Å². The number of nitrogen functional groups attached to an aromatic ring is 1. The SMILES string of the molecule is COc1cc(S(=O)(=O)O)c(N)cc1C(Cl)NC(C)=O. The Kier molecular flexibility index (Phi) is 4.61. The van der Waals surface area contributed by atoms with Crippen molar-refractivity contribution >= 4 is 33.3 Å². The second-order valence-corrected chi connectivity index (χ2v) is 5.50. The number of alkyl halides is 1. The summed E-state index contributed by atoms with van der Waals surface area (Å²) in [6.07, 6.45) is 0. The third kappa shape index (κ3) is 3.72. The minimum atomic E-state index is -4.47. The molecule has 19 heavy (non-hydrogen) atoms. The molecule has 0 saturated carbocycles. The van der Waals surface area contributed by atoms with Gasteiger partial charge in [-0.1, -0.05) is 11.6 Å². The first kappa shape index (κ1) is 15.5. The quantitative estimate of drug-likeness (QED) is 0.329. The molecule has 0 bridgehead atoms. The van der Waals surface area contributed by atoms with Crippen LogP contribution in [0.25, 0.3) is 0 Å². The number of anilines is 1. The average molecular weight is 309 g/mol. The molecule has 1 rings (SSSR count). The number of hydrogen-bond acceptors (Lipinski definition) is 5. The molecule has 0 spiro atoms. The smallest absolute Gasteiger partial charge is 0.296 e. The van der Waals surface area contributed by atoms with Crippen molar-refractivity contribution in [1.82, 2.24) is 5.32 Å². The first-order valence-corrected chi connectivity index (χ1v) is 6.90. The standard InChI is InChI=1S/C10H13ClN2O5S/c1-5(14)13-10(11)6-3-7(12)9(19(15,16)17)4-8(6)18-2/h3-4,10H,12H2,1-2H3,(H,13,14)(H,15,16,17). The lowest BCUT2D eigenvalue weighted by atomic mass is 10.1. The van der Waals surface area contributed by atoms with Crippen LogP contribution in [0.2, 0.25) is 0 Å². The van der Waals surface area contributed by atoms with Crippen LogP contribution in [-0.2, 0) is 14.9 Å². The van der Waals surface area contributed by atoms with Crippen molar-refractivity contribution in [2.75, 3.05) is 12.8 Å². The zero-order chi connectivity index (χ0) is 14.8. The molecule has 0 aliphatic carbocycles. The average Bonchev–Trinajstić information content (AvgIpc) is 2.26. The van der Waals surface area contributed by atoms with Gasteiger partial charge in [0.15, 0.2) is 0 Å². The van der Waals surface area contributed by atoms with E-state index in [0.29, 0.717) is 0 Å². The molecule has 1 atom stereocenters. The Morgan fingerprint density at radius 3 is 2.53 bits per heavy atom. The van der Waals surface area contributed by atoms with Gasteiger partial charge in [0.2, 0.25) is 5.91 Å². The predicted octanol–water partition coefficient (Wildman–Crippen LogP) is 0.898. The number of methoxy groups -OCH3 is 1. The van der Waals surface area contributed by atoms with Gasteiger partial charge in [0.1, 0.15) is 16.1 Å². The topological polar surface area (TPSA) is 119 Å². The first-order valence-electron chi connectivity index (χ1n) is 5.03. The van der Waals surface area contributed by atoms with E-state index in [4.69, 9.17) is 26.6 Å². The Balaban J connectivity index is 3.36. The molecule has 0 saturated heterocycles. The zero-order valence-corrected chi connectivity index (χ0v) is 11.7. The van der Waals surface area contributed by atoms with E-state index in [2.05, 4.69) is 5.32 Å². The summed E-state index contributed by atoms with van der Waals surface area (Å²) < 4.78 is 36.2. The number of carbonyl (C=O) groups is 1. The lowest BCUT2D eigenvalue weighted by Gasteiger charge is -2.16. The van der Waals surface area contributed by atoms with E-state index in [9.17, 15) is 13.2 Å². The van der Waals surface area contributed by atoms with Gasteiger partial charge in [-0.15, -0.1) is 0 Å². The lowest BCUT2D eigenvalue weighted by Crippen LogP contribution is -2.22. The summed E-state index contributed by atoms with van der Waals surface area (Å²) in [4.78, 5) is 10.4. The highest BCUT2D eigenvalue weighted by molar-refractivity contribution is 7.86. The first-order chi connectivity index (χ1) is 8.66. The van der Waals surface area contributed by atoms with Crippen LogP contribution in [0.15, 0.2) is 17.0 Å². The van der Waals surface area contributed by atoms with Crippen molar-refractivity contribution in [3.63, 3.8) is 0 Å². The third-order valence-corrected chi connectivity index (χ3v) is 3.50. The number of halogens is 1. The van der Waals surface area contributed by atoms with E-state index in [1.54, 1.807) is 0 Å². The molecule has 0 aliphatic rings. The van der Waals surface area contributed by atoms with E-state index in [1.165, 1.54) is 20.1 Å². The van der Waals surface area contributed by atoms with E-state index >= 15 is 0 Å². The highest BCUT2D eigenvalue weighted by Gasteiger charge is 2.21. The van der Waals surface area contributed by atoms with Gasteiger partial charge < -0.3 is 15.8 Å². The minimum Gasteiger partial charge on any atom is -0.496 e. The van der Waals surface area contributed by atoms with E-state index in [-0.39, 0.29) is 22.9 Å². The van der Waals surface area contributed by atoms with Crippen LogP contribution in [-0.4, -0.2) is 26.0 Å². The number of hydrogen-bond donors (Lipinski definition) is 3. The van der Waals surface area contributed by atoms with Crippen molar-refractivity contribution < 1.29 is 22.5 Å². The summed E-state index contributed by atoms with van der Waals surface area (Å²) >= 11 is 5.94. The van der Waals surface area contributed by atoms with Gasteiger partial charge >= 0.3 is 0 Å². The van der Waals surface area contributed by atoms with Crippen molar-refractivity contribution in [3.05, 3.63) is 17.7 Å². The second-order valence-electron chi connectivity index (χ2n) is 3.67. The molecule has 1 aromatic rings. The molecule has 0 radical (unpaired) electrons. The molecule has 1 amide bonds. The maximum absolute atomic E-state index is 11.1. The Bertz CT molecular complexity index is 602. The molecule has 0 fully saturated rings. The fourth-order valence-electron chi connectivity index (χ4n) is 1.45. The van der Waals surface area contributed by atoms with Crippen LogP contribution >= 0.6 is 11.6 Å². The fraction of sp³-hybridized carbons (Fsp3) is 0.300. The van der Waals surface area contributed by atoms with Gasteiger partial charge in [-0.25, -0.2) is 0 Å². The molecule has 1 unspecified atom stereocenters. The largest absolute Gasteiger partial charge is 0.496 e. The summed E-state index contributed by atoms with van der Waals surface area (Å²) in [6, 6.07) is 2.26. The zero-order valence-electron chi connectivity index (χ0n) is 10.2.